The molecule has 0 aliphatic carbocycles. The van der Waals surface area contributed by atoms with Crippen LogP contribution < -0.4 is 10.8 Å². The Hall–Kier alpha value is -4.60. The lowest BCUT2D eigenvalue weighted by Crippen LogP contribution is -2.42. The van der Waals surface area contributed by atoms with Gasteiger partial charge < -0.3 is 5.32 Å². The zero-order valence-electron chi connectivity index (χ0n) is 20.3. The third-order valence-corrected chi connectivity index (χ3v) is 6.04. The van der Waals surface area contributed by atoms with Crippen molar-refractivity contribution in [1.82, 2.24) is 31.0 Å². The van der Waals surface area contributed by atoms with Crippen LogP contribution in [-0.2, 0) is 22.4 Å². The van der Waals surface area contributed by atoms with E-state index in [1.165, 1.54) is 17.1 Å². The van der Waals surface area contributed by atoms with E-state index in [9.17, 15) is 9.59 Å². The molecule has 0 aliphatic rings. The third kappa shape index (κ3) is 7.00. The van der Waals surface area contributed by atoms with Crippen LogP contribution in [0.4, 0.5) is 0 Å². The normalized spacial score (nSPS) is 11.7. The molecule has 0 saturated carbocycles. The molecule has 38 heavy (non-hydrogen) atoms. The number of benzene rings is 3. The smallest absolute Gasteiger partial charge is 0.244 e. The van der Waals surface area contributed by atoms with Gasteiger partial charge in [-0.2, -0.15) is 4.68 Å². The van der Waals surface area contributed by atoms with E-state index in [0.29, 0.717) is 34.0 Å². The minimum absolute atomic E-state index is 0.124. The van der Waals surface area contributed by atoms with E-state index in [2.05, 4.69) is 27.4 Å². The molecular weight excluding hydrogens is 504 g/mol. The molecule has 0 aliphatic heterocycles. The number of tetrazole rings is 1. The molecule has 1 amide bonds. The molecule has 4 rings (SSSR count). The molecule has 3 N–H and O–H groups in total. The number of aromatic nitrogens is 4. The fourth-order valence-corrected chi connectivity index (χ4v) is 4.01. The molecule has 4 aromatic rings. The van der Waals surface area contributed by atoms with Crippen molar-refractivity contribution in [2.75, 3.05) is 0 Å². The van der Waals surface area contributed by atoms with Crippen molar-refractivity contribution in [3.8, 4) is 5.69 Å². The van der Waals surface area contributed by atoms with E-state index in [4.69, 9.17) is 16.8 Å². The van der Waals surface area contributed by atoms with Gasteiger partial charge >= 0.3 is 0 Å². The molecule has 1 aromatic heterocycles. The predicted molar refractivity (Wildman–Crippen MR) is 144 cm³/mol. The fraction of sp³-hybridized carbons (Fsp3) is 0.107. The molecule has 0 fully saturated rings. The Morgan fingerprint density at radius 1 is 1.05 bits per heavy atom. The van der Waals surface area contributed by atoms with Crippen molar-refractivity contribution in [3.05, 3.63) is 119 Å². The number of amides is 1. The van der Waals surface area contributed by atoms with Crippen molar-refractivity contribution >= 4 is 35.1 Å². The van der Waals surface area contributed by atoms with Crippen molar-refractivity contribution in [1.29, 1.82) is 0 Å². The van der Waals surface area contributed by atoms with Crippen LogP contribution in [0.2, 0.25) is 5.02 Å². The van der Waals surface area contributed by atoms with Crippen LogP contribution in [0.15, 0.2) is 91.8 Å². The van der Waals surface area contributed by atoms with Crippen LogP contribution in [0.5, 0.6) is 0 Å². The molecule has 0 unspecified atom stereocenters. The zero-order valence-corrected chi connectivity index (χ0v) is 21.0. The van der Waals surface area contributed by atoms with E-state index in [0.717, 1.165) is 11.1 Å². The SMILES string of the molecule is C=C(NO)c1ccc(CC(=O)[C@H](Cc2ccccc2)NC(=O)/C=C/c2cc(Cl)ccc2-n2cnnn2)cc1. The van der Waals surface area contributed by atoms with Gasteiger partial charge in [-0.3, -0.25) is 20.3 Å². The Morgan fingerprint density at radius 3 is 2.50 bits per heavy atom. The van der Waals surface area contributed by atoms with Crippen LogP contribution in [-0.4, -0.2) is 43.1 Å². The second-order valence-electron chi connectivity index (χ2n) is 8.47. The quantitative estimate of drug-likeness (QED) is 0.200. The summed E-state index contributed by atoms with van der Waals surface area (Å²) in [6, 6.07) is 21.0. The highest BCUT2D eigenvalue weighted by atomic mass is 35.5. The number of carbonyl (C=O) groups excluding carboxylic acids is 2. The topological polar surface area (TPSA) is 122 Å². The van der Waals surface area contributed by atoms with E-state index in [1.54, 1.807) is 48.5 Å². The fourth-order valence-electron chi connectivity index (χ4n) is 3.83. The highest BCUT2D eigenvalue weighted by Gasteiger charge is 2.21. The van der Waals surface area contributed by atoms with Gasteiger partial charge in [-0.15, -0.1) is 5.10 Å². The molecule has 1 heterocycles. The molecule has 0 spiro atoms. The number of nitrogens with one attached hydrogen (secondary N) is 2. The Balaban J connectivity index is 1.51. The lowest BCUT2D eigenvalue weighted by molar-refractivity contribution is -0.125. The van der Waals surface area contributed by atoms with Crippen LogP contribution in [0.3, 0.4) is 0 Å². The number of halogens is 1. The lowest BCUT2D eigenvalue weighted by atomic mass is 9.97. The van der Waals surface area contributed by atoms with Crippen LogP contribution in [0.25, 0.3) is 17.5 Å². The second kappa shape index (κ2) is 12.6. The maximum Gasteiger partial charge on any atom is 0.244 e. The third-order valence-electron chi connectivity index (χ3n) is 5.80. The van der Waals surface area contributed by atoms with Crippen LogP contribution in [0.1, 0.15) is 22.3 Å². The summed E-state index contributed by atoms with van der Waals surface area (Å²) >= 11 is 6.16. The van der Waals surface area contributed by atoms with Gasteiger partial charge in [0.15, 0.2) is 5.78 Å². The summed E-state index contributed by atoms with van der Waals surface area (Å²) < 4.78 is 1.47. The Labute approximate surface area is 224 Å². The molecular formula is C28H25ClN6O3. The summed E-state index contributed by atoms with van der Waals surface area (Å²) in [5.41, 5.74) is 6.03. The Kier molecular flexibility index (Phi) is 8.76. The molecule has 1 atom stereocenters. The molecule has 9 nitrogen and oxygen atoms in total. The van der Waals surface area contributed by atoms with Crippen molar-refractivity contribution in [3.63, 3.8) is 0 Å². The minimum Gasteiger partial charge on any atom is -0.342 e. The summed E-state index contributed by atoms with van der Waals surface area (Å²) in [5, 5.41) is 23.6. The number of hydrogen-bond donors (Lipinski definition) is 3. The molecule has 192 valence electrons. The number of ketones is 1. The zero-order chi connectivity index (χ0) is 26.9. The number of rotatable bonds is 11. The average molecular weight is 529 g/mol. The number of nitrogens with zero attached hydrogens (tertiary/aromatic N) is 4. The van der Waals surface area contributed by atoms with Crippen molar-refractivity contribution in [2.24, 2.45) is 0 Å². The Morgan fingerprint density at radius 2 is 1.82 bits per heavy atom. The van der Waals surface area contributed by atoms with E-state index in [1.807, 2.05) is 35.8 Å². The largest absolute Gasteiger partial charge is 0.342 e. The average Bonchev–Trinajstić information content (AvgIpc) is 3.47. The highest BCUT2D eigenvalue weighted by Crippen LogP contribution is 2.20. The predicted octanol–water partition coefficient (Wildman–Crippen LogP) is 3.82. The van der Waals surface area contributed by atoms with Gasteiger partial charge in [-0.05, 0) is 57.8 Å². The highest BCUT2D eigenvalue weighted by molar-refractivity contribution is 6.30. The van der Waals surface area contributed by atoms with Crippen molar-refractivity contribution < 1.29 is 14.8 Å². The van der Waals surface area contributed by atoms with Gasteiger partial charge in [0, 0.05) is 23.1 Å². The van der Waals surface area contributed by atoms with Crippen LogP contribution >= 0.6 is 11.6 Å². The molecule has 3 aromatic carbocycles. The van der Waals surface area contributed by atoms with Gasteiger partial charge in [0.25, 0.3) is 0 Å². The van der Waals surface area contributed by atoms with Gasteiger partial charge in [-0.25, -0.2) is 0 Å². The van der Waals surface area contributed by atoms with Crippen molar-refractivity contribution in [2.45, 2.75) is 18.9 Å². The van der Waals surface area contributed by atoms with Gasteiger partial charge in [-0.1, -0.05) is 72.8 Å². The van der Waals surface area contributed by atoms with Crippen LogP contribution in [0, 0.1) is 0 Å². The van der Waals surface area contributed by atoms with E-state index >= 15 is 0 Å². The standard InChI is InChI=1S/C28H25ClN6O3/c1-19(32-38)22-9-7-21(8-10-22)16-27(36)25(15-20-5-3-2-4-6-20)31-28(37)14-11-23-17-24(29)12-13-26(23)35-18-30-33-34-35/h2-14,17-18,25,32,38H,1,15-16H2,(H,31,37)/b14-11+/t25-/m0/s1. The first-order chi connectivity index (χ1) is 18.4. The first-order valence-electron chi connectivity index (χ1n) is 11.7. The number of hydroxylamine groups is 1. The van der Waals surface area contributed by atoms with Gasteiger partial charge in [0.05, 0.1) is 17.4 Å². The number of Topliss-reactive ketones (excluding diaryl/α,β-unsaturated/α-hetero) is 1. The number of carbonyl (C=O) groups is 2. The van der Waals surface area contributed by atoms with Gasteiger partial charge in [0.2, 0.25) is 5.91 Å². The summed E-state index contributed by atoms with van der Waals surface area (Å²) in [6.45, 7) is 3.71. The number of hydrogen-bond acceptors (Lipinski definition) is 7. The minimum atomic E-state index is -0.748. The van der Waals surface area contributed by atoms with E-state index < -0.39 is 11.9 Å². The van der Waals surface area contributed by atoms with E-state index in [-0.39, 0.29) is 12.2 Å². The summed E-state index contributed by atoms with van der Waals surface area (Å²) in [6.07, 6.45) is 4.86. The molecule has 0 saturated heterocycles. The first-order valence-corrected chi connectivity index (χ1v) is 12.1. The maximum absolute atomic E-state index is 13.3. The van der Waals surface area contributed by atoms with Gasteiger partial charge in [0.1, 0.15) is 6.33 Å². The molecule has 0 bridgehead atoms. The first kappa shape index (κ1) is 26.5. The second-order valence-corrected chi connectivity index (χ2v) is 8.91. The summed E-state index contributed by atoms with van der Waals surface area (Å²) in [7, 11) is 0. The molecule has 0 radical (unpaired) electrons. The lowest BCUT2D eigenvalue weighted by Gasteiger charge is -2.17. The summed E-state index contributed by atoms with van der Waals surface area (Å²) in [4.78, 5) is 26.2. The Bertz CT molecular complexity index is 1440. The summed E-state index contributed by atoms with van der Waals surface area (Å²) in [5.74, 6) is -0.567. The molecule has 10 heteroatoms. The monoisotopic (exact) mass is 528 g/mol. The maximum atomic E-state index is 13.3.